The van der Waals surface area contributed by atoms with Crippen molar-refractivity contribution in [1.29, 1.82) is 0 Å². The normalized spacial score (nSPS) is 10.7. The average molecular weight is 417 g/mol. The number of benzene rings is 1. The summed E-state index contributed by atoms with van der Waals surface area (Å²) >= 11 is 0. The van der Waals surface area contributed by atoms with Crippen molar-refractivity contribution >= 4 is 23.1 Å². The molecule has 0 bridgehead atoms. The summed E-state index contributed by atoms with van der Waals surface area (Å²) < 4.78 is 7.07. The van der Waals surface area contributed by atoms with Crippen LogP contribution in [0.2, 0.25) is 0 Å². The highest BCUT2D eigenvalue weighted by atomic mass is 16.5. The van der Waals surface area contributed by atoms with Gasteiger partial charge in [0.25, 0.3) is 0 Å². The molecule has 2 N–H and O–H groups in total. The maximum atomic E-state index is 12.3. The second-order valence-electron chi connectivity index (χ2n) is 6.83. The van der Waals surface area contributed by atoms with Crippen molar-refractivity contribution in [3.63, 3.8) is 0 Å². The highest BCUT2D eigenvalue weighted by Gasteiger charge is 2.11. The maximum Gasteiger partial charge on any atom is 0.224 e. The number of hydrogen-bond donors (Lipinski definition) is 2. The first-order valence-electron chi connectivity index (χ1n) is 10.1. The van der Waals surface area contributed by atoms with Crippen LogP contribution >= 0.6 is 0 Å². The summed E-state index contributed by atoms with van der Waals surface area (Å²) in [4.78, 5) is 16.4. The van der Waals surface area contributed by atoms with E-state index in [1.165, 1.54) is 0 Å². The van der Waals surface area contributed by atoms with Gasteiger partial charge in [0.2, 0.25) is 5.91 Å². The fraction of sp³-hybridized carbons (Fsp3) is 0.227. The number of pyridine rings is 1. The van der Waals surface area contributed by atoms with E-state index in [1.807, 2.05) is 55.5 Å². The van der Waals surface area contributed by atoms with Crippen molar-refractivity contribution in [3.05, 3.63) is 72.3 Å². The van der Waals surface area contributed by atoms with E-state index in [4.69, 9.17) is 4.74 Å². The Morgan fingerprint density at radius 1 is 1.10 bits per heavy atom. The standard InChI is InChI=1S/C22H23N7O2/c1-2-31-18-7-5-17(6-8-18)25-22(30)12-11-21-27-26-20-10-9-19(28-29(20)21)24-15-16-4-3-13-23-14-16/h3-10,13-14H,2,11-12,15H2,1H3,(H,24,28)(H,25,30). The van der Waals surface area contributed by atoms with Crippen LogP contribution in [0.5, 0.6) is 5.75 Å². The monoisotopic (exact) mass is 417 g/mol. The van der Waals surface area contributed by atoms with E-state index in [9.17, 15) is 4.79 Å². The molecule has 31 heavy (non-hydrogen) atoms. The van der Waals surface area contributed by atoms with Gasteiger partial charge in [0.15, 0.2) is 11.5 Å². The quantitative estimate of drug-likeness (QED) is 0.431. The van der Waals surface area contributed by atoms with Gasteiger partial charge in [-0.15, -0.1) is 15.3 Å². The molecule has 158 valence electrons. The lowest BCUT2D eigenvalue weighted by Gasteiger charge is -2.07. The molecule has 0 fully saturated rings. The summed E-state index contributed by atoms with van der Waals surface area (Å²) in [6, 6.07) is 14.9. The summed E-state index contributed by atoms with van der Waals surface area (Å²) in [7, 11) is 0. The number of ether oxygens (including phenoxy) is 1. The predicted molar refractivity (Wildman–Crippen MR) is 117 cm³/mol. The number of aromatic nitrogens is 5. The Balaban J connectivity index is 1.36. The van der Waals surface area contributed by atoms with Crippen molar-refractivity contribution in [1.82, 2.24) is 24.8 Å². The van der Waals surface area contributed by atoms with Gasteiger partial charge in [-0.1, -0.05) is 6.07 Å². The predicted octanol–water partition coefficient (Wildman–Crippen LogP) is 3.10. The van der Waals surface area contributed by atoms with E-state index < -0.39 is 0 Å². The first-order valence-corrected chi connectivity index (χ1v) is 10.1. The molecule has 4 rings (SSSR count). The van der Waals surface area contributed by atoms with Crippen LogP contribution in [-0.4, -0.2) is 37.3 Å². The highest BCUT2D eigenvalue weighted by Crippen LogP contribution is 2.16. The Labute approximate surface area is 179 Å². The van der Waals surface area contributed by atoms with E-state index in [1.54, 1.807) is 16.9 Å². The number of anilines is 2. The number of rotatable bonds is 9. The van der Waals surface area contributed by atoms with Crippen molar-refractivity contribution in [2.45, 2.75) is 26.3 Å². The molecule has 0 aliphatic heterocycles. The third kappa shape index (κ3) is 5.33. The van der Waals surface area contributed by atoms with Gasteiger partial charge in [-0.2, -0.15) is 4.52 Å². The molecule has 0 unspecified atom stereocenters. The molecule has 0 aliphatic carbocycles. The Kier molecular flexibility index (Phi) is 6.32. The number of nitrogens with zero attached hydrogens (tertiary/aromatic N) is 5. The number of carbonyl (C=O) groups excluding carboxylic acids is 1. The molecule has 0 aliphatic rings. The zero-order valence-electron chi connectivity index (χ0n) is 17.2. The zero-order valence-corrected chi connectivity index (χ0v) is 17.2. The molecule has 9 heteroatoms. The van der Waals surface area contributed by atoms with Crippen molar-refractivity contribution in [2.24, 2.45) is 0 Å². The SMILES string of the molecule is CCOc1ccc(NC(=O)CCc2nnc3ccc(NCc4cccnc4)nn23)cc1. The topological polar surface area (TPSA) is 106 Å². The molecular weight excluding hydrogens is 394 g/mol. The number of carbonyl (C=O) groups is 1. The van der Waals surface area contributed by atoms with Gasteiger partial charge in [-0.3, -0.25) is 9.78 Å². The van der Waals surface area contributed by atoms with Crippen LogP contribution < -0.4 is 15.4 Å². The molecule has 3 aromatic heterocycles. The molecule has 0 radical (unpaired) electrons. The Morgan fingerprint density at radius 2 is 1.97 bits per heavy atom. The summed E-state index contributed by atoms with van der Waals surface area (Å²) in [6.07, 6.45) is 4.23. The largest absolute Gasteiger partial charge is 0.494 e. The Bertz CT molecular complexity index is 1140. The number of amides is 1. The van der Waals surface area contributed by atoms with Gasteiger partial charge in [0.1, 0.15) is 11.6 Å². The lowest BCUT2D eigenvalue weighted by molar-refractivity contribution is -0.116. The second-order valence-corrected chi connectivity index (χ2v) is 6.83. The molecule has 0 spiro atoms. The van der Waals surface area contributed by atoms with Crippen LogP contribution in [-0.2, 0) is 17.8 Å². The van der Waals surface area contributed by atoms with Gasteiger partial charge in [0.05, 0.1) is 6.61 Å². The van der Waals surface area contributed by atoms with E-state index in [0.717, 1.165) is 17.0 Å². The van der Waals surface area contributed by atoms with Crippen LogP contribution in [0.3, 0.4) is 0 Å². The first kappa shape index (κ1) is 20.3. The molecule has 0 saturated carbocycles. The van der Waals surface area contributed by atoms with Crippen LogP contribution in [0.25, 0.3) is 5.65 Å². The summed E-state index contributed by atoms with van der Waals surface area (Å²) in [5, 5.41) is 19.0. The molecule has 0 atom stereocenters. The molecule has 0 saturated heterocycles. The third-order valence-corrected chi connectivity index (χ3v) is 4.55. The lowest BCUT2D eigenvalue weighted by atomic mass is 10.2. The summed E-state index contributed by atoms with van der Waals surface area (Å²) in [5.41, 5.74) is 2.41. The zero-order chi connectivity index (χ0) is 21.5. The molecule has 4 aromatic rings. The molecule has 9 nitrogen and oxygen atoms in total. The van der Waals surface area contributed by atoms with E-state index >= 15 is 0 Å². The number of nitrogens with one attached hydrogen (secondary N) is 2. The van der Waals surface area contributed by atoms with Crippen molar-refractivity contribution in [2.75, 3.05) is 17.2 Å². The lowest BCUT2D eigenvalue weighted by Crippen LogP contribution is -2.13. The summed E-state index contributed by atoms with van der Waals surface area (Å²) in [6.45, 7) is 3.14. The van der Waals surface area contributed by atoms with E-state index in [-0.39, 0.29) is 12.3 Å². The molecular formula is C22H23N7O2. The van der Waals surface area contributed by atoms with Crippen LogP contribution in [0.4, 0.5) is 11.5 Å². The van der Waals surface area contributed by atoms with E-state index in [0.29, 0.717) is 36.9 Å². The van der Waals surface area contributed by atoms with E-state index in [2.05, 4.69) is 30.9 Å². The fourth-order valence-electron chi connectivity index (χ4n) is 3.03. The van der Waals surface area contributed by atoms with Gasteiger partial charge in [-0.25, -0.2) is 0 Å². The molecule has 3 heterocycles. The Hall–Kier alpha value is -4.01. The number of aryl methyl sites for hydroxylation is 1. The van der Waals surface area contributed by atoms with Crippen LogP contribution in [0.15, 0.2) is 60.9 Å². The van der Waals surface area contributed by atoms with Crippen LogP contribution in [0.1, 0.15) is 24.7 Å². The van der Waals surface area contributed by atoms with Gasteiger partial charge < -0.3 is 15.4 Å². The van der Waals surface area contributed by atoms with Crippen molar-refractivity contribution in [3.8, 4) is 5.75 Å². The Morgan fingerprint density at radius 3 is 2.74 bits per heavy atom. The highest BCUT2D eigenvalue weighted by molar-refractivity contribution is 5.90. The van der Waals surface area contributed by atoms with Gasteiger partial charge in [0, 0.05) is 37.5 Å². The average Bonchev–Trinajstić information content (AvgIpc) is 3.21. The third-order valence-electron chi connectivity index (χ3n) is 4.55. The first-order chi connectivity index (χ1) is 15.2. The van der Waals surface area contributed by atoms with Crippen molar-refractivity contribution < 1.29 is 9.53 Å². The van der Waals surface area contributed by atoms with Gasteiger partial charge in [-0.05, 0) is 55.0 Å². The molecule has 1 aromatic carbocycles. The van der Waals surface area contributed by atoms with Crippen LogP contribution in [0, 0.1) is 0 Å². The second kappa shape index (κ2) is 9.66. The molecule has 1 amide bonds. The smallest absolute Gasteiger partial charge is 0.224 e. The number of fused-ring (bicyclic) bond motifs is 1. The fourth-order valence-corrected chi connectivity index (χ4v) is 3.03. The maximum absolute atomic E-state index is 12.3. The minimum Gasteiger partial charge on any atom is -0.494 e. The minimum atomic E-state index is -0.105. The minimum absolute atomic E-state index is 0.105. The summed E-state index contributed by atoms with van der Waals surface area (Å²) in [5.74, 6) is 1.99. The van der Waals surface area contributed by atoms with Gasteiger partial charge >= 0.3 is 0 Å². The number of hydrogen-bond acceptors (Lipinski definition) is 7.